The predicted molar refractivity (Wildman–Crippen MR) is 98.5 cm³/mol. The van der Waals surface area contributed by atoms with Gasteiger partial charge in [0.1, 0.15) is 5.82 Å². The Morgan fingerprint density at radius 3 is 2.56 bits per heavy atom. The molecule has 0 saturated carbocycles. The lowest BCUT2D eigenvalue weighted by molar-refractivity contribution is 0.0827. The highest BCUT2D eigenvalue weighted by Gasteiger charge is 2.16. The molecule has 0 fully saturated rings. The Morgan fingerprint density at radius 1 is 1.28 bits per heavy atom. The zero-order valence-electron chi connectivity index (χ0n) is 15.8. The number of amides is 3. The van der Waals surface area contributed by atoms with Gasteiger partial charge < -0.3 is 19.7 Å². The molecule has 0 aliphatic heterocycles. The Morgan fingerprint density at radius 2 is 1.96 bits per heavy atom. The minimum Gasteiger partial charge on any atom is -0.345 e. The number of nitrogens with zero attached hydrogens (tertiary/aromatic N) is 4. The number of urea groups is 1. The van der Waals surface area contributed by atoms with E-state index in [0.717, 1.165) is 23.3 Å². The molecule has 0 saturated heterocycles. The van der Waals surface area contributed by atoms with Crippen LogP contribution in [0.1, 0.15) is 36.5 Å². The SMILES string of the molecule is CC[C@H](C)NC(=O)N(C)Cc1nc2cc(C(=O)N(C)C)ccc2n1C. The Labute approximate surface area is 148 Å². The number of imidazole rings is 1. The number of aryl methyl sites for hydroxylation is 1. The van der Waals surface area contributed by atoms with Crippen LogP contribution in [-0.2, 0) is 13.6 Å². The van der Waals surface area contributed by atoms with Crippen LogP contribution in [0.2, 0.25) is 0 Å². The van der Waals surface area contributed by atoms with Crippen LogP contribution < -0.4 is 5.32 Å². The summed E-state index contributed by atoms with van der Waals surface area (Å²) in [6.07, 6.45) is 0.883. The van der Waals surface area contributed by atoms with Crippen molar-refractivity contribution in [3.8, 4) is 0 Å². The van der Waals surface area contributed by atoms with E-state index in [4.69, 9.17) is 0 Å². The summed E-state index contributed by atoms with van der Waals surface area (Å²) < 4.78 is 1.95. The van der Waals surface area contributed by atoms with E-state index >= 15 is 0 Å². The predicted octanol–water partition coefficient (Wildman–Crippen LogP) is 2.21. The van der Waals surface area contributed by atoms with E-state index in [9.17, 15) is 9.59 Å². The molecule has 0 aliphatic rings. The Balaban J connectivity index is 2.23. The lowest BCUT2D eigenvalue weighted by atomic mass is 10.2. The molecule has 7 nitrogen and oxygen atoms in total. The zero-order valence-corrected chi connectivity index (χ0v) is 15.8. The summed E-state index contributed by atoms with van der Waals surface area (Å²) in [5, 5.41) is 2.94. The Kier molecular flexibility index (Phi) is 5.66. The highest BCUT2D eigenvalue weighted by molar-refractivity contribution is 5.97. The largest absolute Gasteiger partial charge is 0.345 e. The summed E-state index contributed by atoms with van der Waals surface area (Å²) in [7, 11) is 7.11. The van der Waals surface area contributed by atoms with Gasteiger partial charge in [-0.2, -0.15) is 0 Å². The van der Waals surface area contributed by atoms with Gasteiger partial charge in [-0.05, 0) is 31.5 Å². The number of rotatable bonds is 5. The number of benzene rings is 1. The van der Waals surface area contributed by atoms with E-state index in [0.29, 0.717) is 12.1 Å². The van der Waals surface area contributed by atoms with Crippen LogP contribution >= 0.6 is 0 Å². The van der Waals surface area contributed by atoms with Crippen molar-refractivity contribution in [1.82, 2.24) is 24.7 Å². The van der Waals surface area contributed by atoms with Crippen molar-refractivity contribution in [1.29, 1.82) is 0 Å². The first-order chi connectivity index (χ1) is 11.7. The number of hydrogen-bond donors (Lipinski definition) is 1. The smallest absolute Gasteiger partial charge is 0.317 e. The molecular formula is C18H27N5O2. The molecule has 25 heavy (non-hydrogen) atoms. The molecule has 1 heterocycles. The van der Waals surface area contributed by atoms with Crippen LogP contribution in [0.3, 0.4) is 0 Å². The van der Waals surface area contributed by atoms with Crippen LogP contribution in [0.5, 0.6) is 0 Å². The zero-order chi connectivity index (χ0) is 18.7. The lowest BCUT2D eigenvalue weighted by Crippen LogP contribution is -2.41. The third kappa shape index (κ3) is 4.10. The van der Waals surface area contributed by atoms with Gasteiger partial charge in [-0.15, -0.1) is 0 Å². The van der Waals surface area contributed by atoms with Gasteiger partial charge in [0.2, 0.25) is 0 Å². The molecule has 0 bridgehead atoms. The molecule has 1 aromatic heterocycles. The van der Waals surface area contributed by atoms with Crippen molar-refractivity contribution in [2.24, 2.45) is 7.05 Å². The maximum Gasteiger partial charge on any atom is 0.317 e. The van der Waals surface area contributed by atoms with Crippen LogP contribution in [0.15, 0.2) is 18.2 Å². The number of carbonyl (C=O) groups excluding carboxylic acids is 2. The first-order valence-corrected chi connectivity index (χ1v) is 8.43. The molecular weight excluding hydrogens is 318 g/mol. The summed E-state index contributed by atoms with van der Waals surface area (Å²) in [5.74, 6) is 0.713. The standard InChI is InChI=1S/C18H27N5O2/c1-7-12(2)19-18(25)22(5)11-16-20-14-10-13(17(24)21(3)4)8-9-15(14)23(16)6/h8-10,12H,7,11H2,1-6H3,(H,19,25)/t12-/m0/s1. The summed E-state index contributed by atoms with van der Waals surface area (Å²) in [4.78, 5) is 32.1. The molecule has 2 aromatic rings. The number of carbonyl (C=O) groups is 2. The van der Waals surface area contributed by atoms with E-state index in [1.165, 1.54) is 4.90 Å². The monoisotopic (exact) mass is 345 g/mol. The summed E-state index contributed by atoms with van der Waals surface area (Å²) in [6, 6.07) is 5.50. The van der Waals surface area contributed by atoms with Gasteiger partial charge in [-0.25, -0.2) is 9.78 Å². The highest BCUT2D eigenvalue weighted by atomic mass is 16.2. The average Bonchev–Trinajstić information content (AvgIpc) is 2.89. The second kappa shape index (κ2) is 7.55. The van der Waals surface area contributed by atoms with Gasteiger partial charge >= 0.3 is 6.03 Å². The second-order valence-corrected chi connectivity index (χ2v) is 6.60. The topological polar surface area (TPSA) is 70.5 Å². The fraction of sp³-hybridized carbons (Fsp3) is 0.500. The van der Waals surface area contributed by atoms with E-state index in [-0.39, 0.29) is 18.0 Å². The Bertz CT molecular complexity index is 781. The van der Waals surface area contributed by atoms with Crippen molar-refractivity contribution >= 4 is 23.0 Å². The molecule has 1 atom stereocenters. The van der Waals surface area contributed by atoms with Crippen molar-refractivity contribution < 1.29 is 9.59 Å². The number of aromatic nitrogens is 2. The molecule has 1 N–H and O–H groups in total. The van der Waals surface area contributed by atoms with Crippen LogP contribution in [0.4, 0.5) is 4.79 Å². The normalized spacial score (nSPS) is 12.1. The quantitative estimate of drug-likeness (QED) is 0.903. The first kappa shape index (κ1) is 18.8. The molecule has 0 radical (unpaired) electrons. The second-order valence-electron chi connectivity index (χ2n) is 6.60. The number of nitrogens with one attached hydrogen (secondary N) is 1. The molecule has 0 spiro atoms. The lowest BCUT2D eigenvalue weighted by Gasteiger charge is -2.20. The number of hydrogen-bond acceptors (Lipinski definition) is 3. The third-order valence-electron chi connectivity index (χ3n) is 4.33. The van der Waals surface area contributed by atoms with E-state index < -0.39 is 0 Å². The van der Waals surface area contributed by atoms with Crippen molar-refractivity contribution in [2.45, 2.75) is 32.9 Å². The maximum absolute atomic E-state index is 12.2. The summed E-state index contributed by atoms with van der Waals surface area (Å²) in [5.41, 5.74) is 2.28. The van der Waals surface area contributed by atoms with E-state index in [2.05, 4.69) is 10.3 Å². The minimum absolute atomic E-state index is 0.0563. The van der Waals surface area contributed by atoms with Gasteiger partial charge in [0, 0.05) is 39.8 Å². The molecule has 136 valence electrons. The first-order valence-electron chi connectivity index (χ1n) is 8.43. The van der Waals surface area contributed by atoms with Crippen LogP contribution in [0.25, 0.3) is 11.0 Å². The van der Waals surface area contributed by atoms with E-state index in [1.807, 2.05) is 31.5 Å². The van der Waals surface area contributed by atoms with Gasteiger partial charge in [-0.3, -0.25) is 4.79 Å². The van der Waals surface area contributed by atoms with Crippen LogP contribution in [-0.4, -0.2) is 58.5 Å². The van der Waals surface area contributed by atoms with Crippen molar-refractivity contribution in [2.75, 3.05) is 21.1 Å². The summed E-state index contributed by atoms with van der Waals surface area (Å²) in [6.45, 7) is 4.40. The van der Waals surface area contributed by atoms with Crippen molar-refractivity contribution in [3.05, 3.63) is 29.6 Å². The molecule has 0 aliphatic carbocycles. The molecule has 1 aromatic carbocycles. The Hall–Kier alpha value is -2.57. The molecule has 3 amide bonds. The molecule has 7 heteroatoms. The maximum atomic E-state index is 12.2. The fourth-order valence-electron chi connectivity index (χ4n) is 2.49. The van der Waals surface area contributed by atoms with E-state index in [1.54, 1.807) is 38.2 Å². The average molecular weight is 345 g/mol. The van der Waals surface area contributed by atoms with Crippen LogP contribution in [0, 0.1) is 0 Å². The van der Waals surface area contributed by atoms with Gasteiger partial charge in [0.05, 0.1) is 17.6 Å². The van der Waals surface area contributed by atoms with Gasteiger partial charge in [-0.1, -0.05) is 6.92 Å². The summed E-state index contributed by atoms with van der Waals surface area (Å²) >= 11 is 0. The minimum atomic E-state index is -0.120. The highest BCUT2D eigenvalue weighted by Crippen LogP contribution is 2.18. The molecule has 0 unspecified atom stereocenters. The van der Waals surface area contributed by atoms with Gasteiger partial charge in [0.25, 0.3) is 5.91 Å². The van der Waals surface area contributed by atoms with Crippen molar-refractivity contribution in [3.63, 3.8) is 0 Å². The third-order valence-corrected chi connectivity index (χ3v) is 4.33. The number of fused-ring (bicyclic) bond motifs is 1. The molecule has 2 rings (SSSR count). The van der Waals surface area contributed by atoms with Gasteiger partial charge in [0.15, 0.2) is 0 Å². The fourth-order valence-corrected chi connectivity index (χ4v) is 2.49.